The van der Waals surface area contributed by atoms with Gasteiger partial charge in [-0.15, -0.1) is 0 Å². The van der Waals surface area contributed by atoms with Crippen LogP contribution in [0.1, 0.15) is 52.4 Å². The van der Waals surface area contributed by atoms with E-state index in [1.807, 2.05) is 0 Å². The lowest BCUT2D eigenvalue weighted by Crippen LogP contribution is -2.46. The molecule has 1 aliphatic carbocycles. The van der Waals surface area contributed by atoms with Gasteiger partial charge in [0.25, 0.3) is 0 Å². The lowest BCUT2D eigenvalue weighted by molar-refractivity contribution is 0.150. The van der Waals surface area contributed by atoms with Crippen molar-refractivity contribution < 1.29 is 5.11 Å². The van der Waals surface area contributed by atoms with Gasteiger partial charge in [-0.3, -0.25) is 0 Å². The molecule has 3 nitrogen and oxygen atoms in total. The minimum Gasteiger partial charge on any atom is -0.394 e. The second-order valence-electron chi connectivity index (χ2n) is 6.58. The van der Waals surface area contributed by atoms with Crippen LogP contribution in [0.25, 0.3) is 0 Å². The molecule has 2 bridgehead atoms. The summed E-state index contributed by atoms with van der Waals surface area (Å²) in [7, 11) is 0. The quantitative estimate of drug-likeness (QED) is 0.695. The monoisotopic (exact) mass is 254 g/mol. The van der Waals surface area contributed by atoms with E-state index in [-0.39, 0.29) is 12.1 Å². The molecule has 1 aliphatic heterocycles. The molecule has 2 rings (SSSR count). The zero-order chi connectivity index (χ0) is 13.0. The van der Waals surface area contributed by atoms with Crippen LogP contribution in [0.15, 0.2) is 0 Å². The van der Waals surface area contributed by atoms with E-state index in [0.717, 1.165) is 31.3 Å². The van der Waals surface area contributed by atoms with Crippen LogP contribution in [-0.4, -0.2) is 47.8 Å². The average Bonchev–Trinajstić information content (AvgIpc) is 2.99. The number of hydrogen-bond donors (Lipinski definition) is 2. The first-order valence-electron chi connectivity index (χ1n) is 7.77. The van der Waals surface area contributed by atoms with Crippen molar-refractivity contribution in [1.82, 2.24) is 10.2 Å². The van der Waals surface area contributed by atoms with E-state index in [9.17, 15) is 5.11 Å². The van der Waals surface area contributed by atoms with Gasteiger partial charge in [0.15, 0.2) is 0 Å². The third-order valence-corrected chi connectivity index (χ3v) is 4.85. The zero-order valence-corrected chi connectivity index (χ0v) is 12.1. The summed E-state index contributed by atoms with van der Waals surface area (Å²) in [4.78, 5) is 2.69. The second kappa shape index (κ2) is 6.36. The molecule has 1 saturated carbocycles. The van der Waals surface area contributed by atoms with Gasteiger partial charge in [0.05, 0.1) is 6.61 Å². The fraction of sp³-hybridized carbons (Fsp3) is 1.00. The zero-order valence-electron chi connectivity index (χ0n) is 12.1. The Bertz CT molecular complexity index is 259. The molecule has 0 aromatic carbocycles. The first kappa shape index (κ1) is 14.3. The van der Waals surface area contributed by atoms with Crippen LogP contribution in [0.2, 0.25) is 0 Å². The smallest absolute Gasteiger partial charge is 0.0610 e. The van der Waals surface area contributed by atoms with Crippen molar-refractivity contribution in [3.8, 4) is 0 Å². The highest BCUT2D eigenvalue weighted by Crippen LogP contribution is 2.37. The standard InChI is InChI=1S/C15H30N2O/c1-3-8-16-15(2,12-18)7-4-9-17-11-13-5-6-14(17)10-13/h13-14,16,18H,3-12H2,1-2H3. The molecule has 2 fully saturated rings. The number of aliphatic hydroxyl groups is 1. The van der Waals surface area contributed by atoms with Crippen molar-refractivity contribution in [3.05, 3.63) is 0 Å². The van der Waals surface area contributed by atoms with E-state index in [1.165, 1.54) is 38.8 Å². The Morgan fingerprint density at radius 2 is 2.22 bits per heavy atom. The summed E-state index contributed by atoms with van der Waals surface area (Å²) in [6.07, 6.45) is 7.76. The number of nitrogens with one attached hydrogen (secondary N) is 1. The lowest BCUT2D eigenvalue weighted by Gasteiger charge is -2.31. The Balaban J connectivity index is 1.67. The van der Waals surface area contributed by atoms with Gasteiger partial charge in [-0.1, -0.05) is 6.92 Å². The Hall–Kier alpha value is -0.120. The summed E-state index contributed by atoms with van der Waals surface area (Å²) in [6.45, 7) is 8.14. The predicted molar refractivity (Wildman–Crippen MR) is 75.7 cm³/mol. The van der Waals surface area contributed by atoms with Crippen LogP contribution < -0.4 is 5.32 Å². The molecule has 3 unspecified atom stereocenters. The lowest BCUT2D eigenvalue weighted by atomic mass is 9.96. The molecule has 2 aliphatic rings. The molecule has 3 atom stereocenters. The first-order valence-corrected chi connectivity index (χ1v) is 7.77. The second-order valence-corrected chi connectivity index (χ2v) is 6.58. The number of rotatable bonds is 8. The van der Waals surface area contributed by atoms with Gasteiger partial charge in [0.2, 0.25) is 0 Å². The van der Waals surface area contributed by atoms with E-state index >= 15 is 0 Å². The molecule has 1 saturated heterocycles. The van der Waals surface area contributed by atoms with Crippen LogP contribution >= 0.6 is 0 Å². The fourth-order valence-electron chi connectivity index (χ4n) is 3.62. The van der Waals surface area contributed by atoms with Crippen LogP contribution in [0, 0.1) is 5.92 Å². The highest BCUT2D eigenvalue weighted by Gasteiger charge is 2.37. The van der Waals surface area contributed by atoms with Crippen LogP contribution in [0.4, 0.5) is 0 Å². The molecule has 3 heteroatoms. The van der Waals surface area contributed by atoms with E-state index in [4.69, 9.17) is 0 Å². The average molecular weight is 254 g/mol. The Kier molecular flexibility index (Phi) is 5.05. The summed E-state index contributed by atoms with van der Waals surface area (Å²) in [5.74, 6) is 0.998. The number of aliphatic hydroxyl groups excluding tert-OH is 1. The summed E-state index contributed by atoms with van der Waals surface area (Å²) in [5, 5.41) is 13.0. The summed E-state index contributed by atoms with van der Waals surface area (Å²) < 4.78 is 0. The Morgan fingerprint density at radius 1 is 1.39 bits per heavy atom. The topological polar surface area (TPSA) is 35.5 Å². The molecule has 0 aromatic heterocycles. The van der Waals surface area contributed by atoms with E-state index in [0.29, 0.717) is 0 Å². The van der Waals surface area contributed by atoms with Crippen molar-refractivity contribution in [2.75, 3.05) is 26.2 Å². The van der Waals surface area contributed by atoms with Gasteiger partial charge in [-0.25, -0.2) is 0 Å². The van der Waals surface area contributed by atoms with Crippen LogP contribution in [-0.2, 0) is 0 Å². The van der Waals surface area contributed by atoms with Crippen molar-refractivity contribution in [3.63, 3.8) is 0 Å². The Morgan fingerprint density at radius 3 is 2.78 bits per heavy atom. The third-order valence-electron chi connectivity index (χ3n) is 4.85. The number of likely N-dealkylation sites (tertiary alicyclic amines) is 1. The molecule has 2 N–H and O–H groups in total. The number of hydrogen-bond acceptors (Lipinski definition) is 3. The highest BCUT2D eigenvalue weighted by molar-refractivity contribution is 4.92. The summed E-state index contributed by atoms with van der Waals surface area (Å²) in [5.41, 5.74) is -0.0747. The molecule has 18 heavy (non-hydrogen) atoms. The van der Waals surface area contributed by atoms with Gasteiger partial charge >= 0.3 is 0 Å². The summed E-state index contributed by atoms with van der Waals surface area (Å²) in [6, 6.07) is 0.888. The van der Waals surface area contributed by atoms with Gasteiger partial charge in [-0.05, 0) is 64.5 Å². The SMILES string of the molecule is CCCNC(C)(CO)CCCN1CC2CCC1C2. The maximum Gasteiger partial charge on any atom is 0.0610 e. The predicted octanol–water partition coefficient (Wildman–Crippen LogP) is 2.00. The minimum atomic E-state index is -0.0747. The normalized spacial score (nSPS) is 30.8. The van der Waals surface area contributed by atoms with Crippen molar-refractivity contribution in [2.24, 2.45) is 5.92 Å². The third kappa shape index (κ3) is 3.46. The van der Waals surface area contributed by atoms with Crippen molar-refractivity contribution in [2.45, 2.75) is 64.0 Å². The first-order chi connectivity index (χ1) is 8.67. The molecule has 0 spiro atoms. The maximum absolute atomic E-state index is 9.53. The molecule has 0 aromatic rings. The van der Waals surface area contributed by atoms with Crippen molar-refractivity contribution >= 4 is 0 Å². The maximum atomic E-state index is 9.53. The number of fused-ring (bicyclic) bond motifs is 2. The molecular weight excluding hydrogens is 224 g/mol. The Labute approximate surface area is 112 Å². The number of nitrogens with zero attached hydrogens (tertiary/aromatic N) is 1. The molecule has 1 heterocycles. The fourth-order valence-corrected chi connectivity index (χ4v) is 3.62. The minimum absolute atomic E-state index is 0.0747. The number of piperidine rings is 1. The van der Waals surface area contributed by atoms with Gasteiger partial charge in [0, 0.05) is 18.1 Å². The van der Waals surface area contributed by atoms with Crippen LogP contribution in [0.3, 0.4) is 0 Å². The molecular formula is C15H30N2O. The largest absolute Gasteiger partial charge is 0.394 e. The molecule has 0 radical (unpaired) electrons. The van der Waals surface area contributed by atoms with Crippen LogP contribution in [0.5, 0.6) is 0 Å². The van der Waals surface area contributed by atoms with Gasteiger partial charge < -0.3 is 15.3 Å². The summed E-state index contributed by atoms with van der Waals surface area (Å²) >= 11 is 0. The van der Waals surface area contributed by atoms with E-state index in [1.54, 1.807) is 0 Å². The van der Waals surface area contributed by atoms with E-state index in [2.05, 4.69) is 24.1 Å². The van der Waals surface area contributed by atoms with E-state index < -0.39 is 0 Å². The van der Waals surface area contributed by atoms with Crippen molar-refractivity contribution in [1.29, 1.82) is 0 Å². The molecule has 0 amide bonds. The highest BCUT2D eigenvalue weighted by atomic mass is 16.3. The van der Waals surface area contributed by atoms with Gasteiger partial charge in [-0.2, -0.15) is 0 Å². The molecule has 106 valence electrons. The van der Waals surface area contributed by atoms with Gasteiger partial charge in [0.1, 0.15) is 0 Å².